The lowest BCUT2D eigenvalue weighted by Gasteiger charge is -2.08. The van der Waals surface area contributed by atoms with E-state index in [1.807, 2.05) is 18.2 Å². The molecule has 0 radical (unpaired) electrons. The second-order valence-corrected chi connectivity index (χ2v) is 6.50. The third-order valence-electron chi connectivity index (χ3n) is 4.38. The molecule has 0 spiro atoms. The third kappa shape index (κ3) is 4.20. The van der Waals surface area contributed by atoms with Gasteiger partial charge in [0.1, 0.15) is 0 Å². The summed E-state index contributed by atoms with van der Waals surface area (Å²) in [5.41, 5.74) is 3.69. The Morgan fingerprint density at radius 3 is 2.46 bits per heavy atom. The first-order valence-corrected chi connectivity index (χ1v) is 8.95. The lowest BCUT2D eigenvalue weighted by molar-refractivity contribution is 0.0950. The fourth-order valence-corrected chi connectivity index (χ4v) is 2.76. The van der Waals surface area contributed by atoms with Crippen LogP contribution >= 0.6 is 0 Å². The Bertz CT molecular complexity index is 972. The summed E-state index contributed by atoms with van der Waals surface area (Å²) in [5, 5.41) is 6.00. The second kappa shape index (κ2) is 7.96. The Hall–Kier alpha value is -3.61. The zero-order valence-electron chi connectivity index (χ0n) is 15.4. The number of hydrogen-bond donors (Lipinski definition) is 2. The number of nitrogens with one attached hydrogen (secondary N) is 2. The molecule has 1 aliphatic heterocycles. The number of rotatable bonds is 6. The van der Waals surface area contributed by atoms with E-state index in [1.165, 1.54) is 18.0 Å². The molecule has 0 bridgehead atoms. The monoisotopic (exact) mass is 376 g/mol. The fraction of sp³-hybridized carbons (Fsp3) is 0.190. The number of nitrogens with zero attached hydrogens (tertiary/aromatic N) is 2. The Morgan fingerprint density at radius 2 is 1.68 bits per heavy atom. The summed E-state index contributed by atoms with van der Waals surface area (Å²) in [6.07, 6.45) is 3.03. The highest BCUT2D eigenvalue weighted by molar-refractivity contribution is 5.93. The molecule has 7 nitrogen and oxygen atoms in total. The summed E-state index contributed by atoms with van der Waals surface area (Å²) in [6.45, 7) is 3.28. The first-order chi connectivity index (χ1) is 13.7. The van der Waals surface area contributed by atoms with E-state index in [1.54, 1.807) is 0 Å². The first-order valence-electron chi connectivity index (χ1n) is 8.95. The van der Waals surface area contributed by atoms with Gasteiger partial charge in [-0.25, -0.2) is 9.97 Å². The summed E-state index contributed by atoms with van der Waals surface area (Å²) < 4.78 is 10.6. The number of amides is 1. The van der Waals surface area contributed by atoms with Crippen molar-refractivity contribution in [2.75, 3.05) is 12.1 Å². The molecular weight excluding hydrogens is 356 g/mol. The van der Waals surface area contributed by atoms with Crippen LogP contribution in [0.4, 0.5) is 5.95 Å². The van der Waals surface area contributed by atoms with Gasteiger partial charge in [-0.3, -0.25) is 4.79 Å². The number of fused-ring (bicyclic) bond motifs is 1. The molecule has 0 saturated carbocycles. The minimum Gasteiger partial charge on any atom is -0.454 e. The van der Waals surface area contributed by atoms with E-state index in [0.717, 1.165) is 16.9 Å². The van der Waals surface area contributed by atoms with Crippen molar-refractivity contribution in [1.82, 2.24) is 15.3 Å². The fourth-order valence-electron chi connectivity index (χ4n) is 2.76. The lowest BCUT2D eigenvalue weighted by Crippen LogP contribution is -2.23. The second-order valence-electron chi connectivity index (χ2n) is 6.50. The van der Waals surface area contributed by atoms with E-state index in [2.05, 4.69) is 51.8 Å². The SMILES string of the molecule is Cc1ccc(CNc2ncc(C(=O)NCc3ccc4c(c3)OCO4)cn2)cc1. The van der Waals surface area contributed by atoms with Gasteiger partial charge in [0.15, 0.2) is 11.5 Å². The van der Waals surface area contributed by atoms with Crippen LogP contribution in [0.15, 0.2) is 54.9 Å². The van der Waals surface area contributed by atoms with Crippen LogP contribution < -0.4 is 20.1 Å². The summed E-state index contributed by atoms with van der Waals surface area (Å²) in [7, 11) is 0. The summed E-state index contributed by atoms with van der Waals surface area (Å²) >= 11 is 0. The van der Waals surface area contributed by atoms with E-state index in [0.29, 0.717) is 30.4 Å². The van der Waals surface area contributed by atoms with Gasteiger partial charge in [-0.1, -0.05) is 35.9 Å². The number of carbonyl (C=O) groups excluding carboxylic acids is 1. The number of aromatic nitrogens is 2. The maximum absolute atomic E-state index is 12.3. The summed E-state index contributed by atoms with van der Waals surface area (Å²) in [4.78, 5) is 20.7. The van der Waals surface area contributed by atoms with Gasteiger partial charge in [-0.15, -0.1) is 0 Å². The molecule has 1 aliphatic rings. The van der Waals surface area contributed by atoms with Gasteiger partial charge in [-0.2, -0.15) is 0 Å². The van der Waals surface area contributed by atoms with Crippen molar-refractivity contribution in [2.45, 2.75) is 20.0 Å². The molecule has 2 aromatic carbocycles. The molecule has 142 valence electrons. The van der Waals surface area contributed by atoms with E-state index in [9.17, 15) is 4.79 Å². The van der Waals surface area contributed by atoms with Crippen LogP contribution in [-0.2, 0) is 13.1 Å². The molecular formula is C21H20N4O3. The minimum atomic E-state index is -0.234. The largest absolute Gasteiger partial charge is 0.454 e. The molecule has 0 atom stereocenters. The number of carbonyl (C=O) groups is 1. The normalized spacial score (nSPS) is 11.9. The number of ether oxygens (including phenoxy) is 2. The highest BCUT2D eigenvalue weighted by Crippen LogP contribution is 2.32. The quantitative estimate of drug-likeness (QED) is 0.688. The number of benzene rings is 2. The van der Waals surface area contributed by atoms with E-state index in [4.69, 9.17) is 9.47 Å². The summed E-state index contributed by atoms with van der Waals surface area (Å²) in [5.74, 6) is 1.66. The van der Waals surface area contributed by atoms with E-state index >= 15 is 0 Å². The van der Waals surface area contributed by atoms with Gasteiger partial charge in [0.05, 0.1) is 5.56 Å². The van der Waals surface area contributed by atoms with Crippen LogP contribution in [0.1, 0.15) is 27.0 Å². The molecule has 28 heavy (non-hydrogen) atoms. The highest BCUT2D eigenvalue weighted by Gasteiger charge is 2.14. The van der Waals surface area contributed by atoms with Crippen molar-refractivity contribution in [2.24, 2.45) is 0 Å². The topological polar surface area (TPSA) is 85.4 Å². The van der Waals surface area contributed by atoms with Gasteiger partial charge in [-0.05, 0) is 30.2 Å². The van der Waals surface area contributed by atoms with Gasteiger partial charge < -0.3 is 20.1 Å². The molecule has 1 amide bonds. The predicted molar refractivity (Wildman–Crippen MR) is 104 cm³/mol. The van der Waals surface area contributed by atoms with Crippen LogP contribution in [0.2, 0.25) is 0 Å². The van der Waals surface area contributed by atoms with Gasteiger partial charge >= 0.3 is 0 Å². The average molecular weight is 376 g/mol. The Labute approximate surface area is 162 Å². The zero-order chi connectivity index (χ0) is 19.3. The minimum absolute atomic E-state index is 0.229. The van der Waals surface area contributed by atoms with Crippen molar-refractivity contribution >= 4 is 11.9 Å². The lowest BCUT2D eigenvalue weighted by atomic mass is 10.1. The number of anilines is 1. The molecule has 0 fully saturated rings. The standard InChI is InChI=1S/C21H20N4O3/c1-14-2-4-15(5-3-14)9-23-21-24-11-17(12-25-21)20(26)22-10-16-6-7-18-19(8-16)28-13-27-18/h2-8,11-12H,9-10,13H2,1H3,(H,22,26)(H,23,24,25). The van der Waals surface area contributed by atoms with E-state index < -0.39 is 0 Å². The van der Waals surface area contributed by atoms with Crippen molar-refractivity contribution in [3.05, 3.63) is 77.1 Å². The van der Waals surface area contributed by atoms with Gasteiger partial charge in [0.2, 0.25) is 12.7 Å². The van der Waals surface area contributed by atoms with Crippen molar-refractivity contribution < 1.29 is 14.3 Å². The molecule has 3 aromatic rings. The average Bonchev–Trinajstić information content (AvgIpc) is 3.20. The third-order valence-corrected chi connectivity index (χ3v) is 4.38. The molecule has 0 saturated heterocycles. The molecule has 0 unspecified atom stereocenters. The number of hydrogen-bond acceptors (Lipinski definition) is 6. The molecule has 2 N–H and O–H groups in total. The molecule has 2 heterocycles. The molecule has 7 heteroatoms. The van der Waals surface area contributed by atoms with Crippen LogP contribution in [-0.4, -0.2) is 22.7 Å². The maximum atomic E-state index is 12.3. The maximum Gasteiger partial charge on any atom is 0.254 e. The van der Waals surface area contributed by atoms with Crippen molar-refractivity contribution in [3.63, 3.8) is 0 Å². The first kappa shape index (κ1) is 17.8. The van der Waals surface area contributed by atoms with Crippen molar-refractivity contribution in [3.8, 4) is 11.5 Å². The Morgan fingerprint density at radius 1 is 0.964 bits per heavy atom. The van der Waals surface area contributed by atoms with Gasteiger partial charge in [0, 0.05) is 25.5 Å². The molecule has 1 aromatic heterocycles. The Balaban J connectivity index is 1.30. The van der Waals surface area contributed by atoms with Crippen LogP contribution in [0.3, 0.4) is 0 Å². The highest BCUT2D eigenvalue weighted by atomic mass is 16.7. The number of aryl methyl sites for hydroxylation is 1. The van der Waals surface area contributed by atoms with Crippen LogP contribution in [0.25, 0.3) is 0 Å². The summed E-state index contributed by atoms with van der Waals surface area (Å²) in [6, 6.07) is 13.8. The smallest absolute Gasteiger partial charge is 0.254 e. The molecule has 4 rings (SSSR count). The predicted octanol–water partition coefficient (Wildman–Crippen LogP) is 3.06. The van der Waals surface area contributed by atoms with Crippen LogP contribution in [0.5, 0.6) is 11.5 Å². The van der Waals surface area contributed by atoms with Crippen LogP contribution in [0, 0.1) is 6.92 Å². The van der Waals surface area contributed by atoms with Crippen molar-refractivity contribution in [1.29, 1.82) is 0 Å². The molecule has 0 aliphatic carbocycles. The Kier molecular flexibility index (Phi) is 5.05. The van der Waals surface area contributed by atoms with Gasteiger partial charge in [0.25, 0.3) is 5.91 Å². The zero-order valence-corrected chi connectivity index (χ0v) is 15.4. The van der Waals surface area contributed by atoms with E-state index in [-0.39, 0.29) is 12.7 Å².